The zero-order chi connectivity index (χ0) is 22.6. The Bertz CT molecular complexity index is 954. The van der Waals surface area contributed by atoms with Gasteiger partial charge in [0, 0.05) is 10.6 Å². The van der Waals surface area contributed by atoms with Crippen LogP contribution in [0.4, 0.5) is 0 Å². The second-order valence-electron chi connectivity index (χ2n) is 7.34. The number of nitrogens with zero attached hydrogens (tertiary/aromatic N) is 1. The number of hydrogen-bond donors (Lipinski definition) is 0. The fourth-order valence-corrected chi connectivity index (χ4v) is 5.09. The highest BCUT2D eigenvalue weighted by atomic mass is 35.5. The van der Waals surface area contributed by atoms with Crippen molar-refractivity contribution in [2.45, 2.75) is 16.9 Å². The smallest absolute Gasteiger partial charge is 0.342 e. The van der Waals surface area contributed by atoms with Crippen molar-refractivity contribution in [2.24, 2.45) is 0 Å². The van der Waals surface area contributed by atoms with E-state index >= 15 is 0 Å². The van der Waals surface area contributed by atoms with Crippen molar-refractivity contribution < 1.29 is 28.5 Å². The van der Waals surface area contributed by atoms with Crippen molar-refractivity contribution in [3.8, 4) is 23.0 Å². The molecule has 0 amide bonds. The van der Waals surface area contributed by atoms with Crippen molar-refractivity contribution in [1.82, 2.24) is 4.90 Å². The molecule has 3 rings (SSSR count). The molecule has 176 valence electrons. The maximum atomic E-state index is 13.1. The highest BCUT2D eigenvalue weighted by Gasteiger charge is 2.41. The summed E-state index contributed by atoms with van der Waals surface area (Å²) in [5.74, 6) is 2.33. The molecule has 0 fully saturated rings. The molecule has 32 heavy (non-hydrogen) atoms. The molecule has 2 aromatic carbocycles. The first-order chi connectivity index (χ1) is 14.9. The van der Waals surface area contributed by atoms with Gasteiger partial charge in [-0.05, 0) is 56.4 Å². The third-order valence-corrected chi connectivity index (χ3v) is 6.76. The van der Waals surface area contributed by atoms with E-state index in [1.807, 2.05) is 26.2 Å². The number of ether oxygens (including phenoxy) is 5. The Hall–Kier alpha value is -2.29. The predicted molar refractivity (Wildman–Crippen MR) is 127 cm³/mol. The van der Waals surface area contributed by atoms with Crippen LogP contribution in [0.15, 0.2) is 35.2 Å². The molecule has 1 unspecified atom stereocenters. The molecule has 0 aromatic heterocycles. The summed E-state index contributed by atoms with van der Waals surface area (Å²) in [6, 6.07) is 9.34. The molecule has 0 saturated carbocycles. The van der Waals surface area contributed by atoms with Crippen LogP contribution in [0.2, 0.25) is 0 Å². The summed E-state index contributed by atoms with van der Waals surface area (Å²) in [7, 11) is 10.2. The van der Waals surface area contributed by atoms with Crippen molar-refractivity contribution >= 4 is 30.1 Å². The summed E-state index contributed by atoms with van der Waals surface area (Å²) < 4.78 is 27.5. The lowest BCUT2D eigenvalue weighted by Gasteiger charge is -2.43. The van der Waals surface area contributed by atoms with Gasteiger partial charge >= 0.3 is 5.97 Å². The molecule has 1 atom stereocenters. The first-order valence-electron chi connectivity index (χ1n) is 9.86. The van der Waals surface area contributed by atoms with E-state index in [0.29, 0.717) is 11.5 Å². The number of carbonyl (C=O) groups excluding carboxylic acids is 1. The Morgan fingerprint density at radius 1 is 1.00 bits per heavy atom. The SMILES string of the molecule is COc1ccc2c(c1)C(COC(=O)c1ccc(OC)c(OC)c1OC)(N(C)C)CCS2.Cl. The van der Waals surface area contributed by atoms with E-state index in [4.69, 9.17) is 23.7 Å². The van der Waals surface area contributed by atoms with Gasteiger partial charge in [0.15, 0.2) is 11.5 Å². The average Bonchev–Trinajstić information content (AvgIpc) is 2.80. The highest BCUT2D eigenvalue weighted by Crippen LogP contribution is 2.45. The van der Waals surface area contributed by atoms with Crippen molar-refractivity contribution in [3.63, 3.8) is 0 Å². The number of fused-ring (bicyclic) bond motifs is 1. The van der Waals surface area contributed by atoms with E-state index in [9.17, 15) is 4.79 Å². The number of thioether (sulfide) groups is 1. The summed E-state index contributed by atoms with van der Waals surface area (Å²) in [5.41, 5.74) is 0.916. The average molecular weight is 484 g/mol. The summed E-state index contributed by atoms with van der Waals surface area (Å²) in [6.45, 7) is 0.192. The van der Waals surface area contributed by atoms with E-state index < -0.39 is 11.5 Å². The predicted octanol–water partition coefficient (Wildman–Crippen LogP) is 4.25. The van der Waals surface area contributed by atoms with E-state index in [1.54, 1.807) is 31.0 Å². The Morgan fingerprint density at radius 3 is 2.31 bits per heavy atom. The molecule has 9 heteroatoms. The number of rotatable bonds is 8. The highest BCUT2D eigenvalue weighted by molar-refractivity contribution is 7.99. The van der Waals surface area contributed by atoms with Crippen molar-refractivity contribution in [3.05, 3.63) is 41.5 Å². The minimum atomic E-state index is -0.485. The van der Waals surface area contributed by atoms with Gasteiger partial charge in [0.05, 0.1) is 34.0 Å². The van der Waals surface area contributed by atoms with Crippen LogP contribution >= 0.6 is 24.2 Å². The number of methoxy groups -OCH3 is 4. The zero-order valence-corrected chi connectivity index (χ0v) is 20.9. The molecule has 1 aliphatic rings. The molecule has 0 radical (unpaired) electrons. The van der Waals surface area contributed by atoms with Crippen LogP contribution in [0.1, 0.15) is 22.3 Å². The number of carbonyl (C=O) groups is 1. The van der Waals surface area contributed by atoms with Gasteiger partial charge in [0.1, 0.15) is 17.9 Å². The fourth-order valence-electron chi connectivity index (χ4n) is 3.86. The number of likely N-dealkylation sites (N-methyl/N-ethyl adjacent to an activating group) is 1. The van der Waals surface area contributed by atoms with E-state index in [-0.39, 0.29) is 30.3 Å². The molecule has 7 nitrogen and oxygen atoms in total. The maximum absolute atomic E-state index is 13.1. The molecule has 0 saturated heterocycles. The van der Waals surface area contributed by atoms with Gasteiger partial charge in [-0.3, -0.25) is 4.90 Å². The standard InChI is InChI=1S/C23H29NO6S.ClH/c1-24(2)23(11-12-31-19-10-7-15(26-3)13-17(19)23)14-30-22(25)16-8-9-18(27-4)21(29-6)20(16)28-5;/h7-10,13H,11-12,14H2,1-6H3;1H. The first kappa shape index (κ1) is 26.0. The van der Waals surface area contributed by atoms with Gasteiger partial charge in [-0.25, -0.2) is 4.79 Å². The van der Waals surface area contributed by atoms with Crippen molar-refractivity contribution in [1.29, 1.82) is 0 Å². The molecule has 1 heterocycles. The topological polar surface area (TPSA) is 66.5 Å². The van der Waals surface area contributed by atoms with Crippen LogP contribution in [0.3, 0.4) is 0 Å². The molecule has 0 bridgehead atoms. The number of halogens is 1. The quantitative estimate of drug-likeness (QED) is 0.516. The van der Waals surface area contributed by atoms with E-state index in [2.05, 4.69) is 11.0 Å². The molecule has 0 spiro atoms. The van der Waals surface area contributed by atoms with Crippen LogP contribution in [0.25, 0.3) is 0 Å². The van der Waals surface area contributed by atoms with Crippen LogP contribution in [-0.4, -0.2) is 65.8 Å². The molecular formula is C23H30ClNO6S. The van der Waals surface area contributed by atoms with Gasteiger partial charge in [-0.2, -0.15) is 0 Å². The second kappa shape index (κ2) is 11.0. The lowest BCUT2D eigenvalue weighted by Crippen LogP contribution is -2.48. The van der Waals surface area contributed by atoms with Crippen LogP contribution in [0.5, 0.6) is 23.0 Å². The van der Waals surface area contributed by atoms with Gasteiger partial charge in [-0.1, -0.05) is 0 Å². The number of esters is 1. The summed E-state index contributed by atoms with van der Waals surface area (Å²) in [4.78, 5) is 16.4. The van der Waals surface area contributed by atoms with Crippen molar-refractivity contribution in [2.75, 3.05) is 54.9 Å². The first-order valence-corrected chi connectivity index (χ1v) is 10.8. The van der Waals surface area contributed by atoms with Crippen LogP contribution in [-0.2, 0) is 10.3 Å². The molecule has 2 aromatic rings. The zero-order valence-electron chi connectivity index (χ0n) is 19.2. The third-order valence-electron chi connectivity index (χ3n) is 5.68. The lowest BCUT2D eigenvalue weighted by atomic mass is 9.86. The summed E-state index contributed by atoms with van der Waals surface area (Å²) in [5, 5.41) is 0. The minimum Gasteiger partial charge on any atom is -0.497 e. The maximum Gasteiger partial charge on any atom is 0.342 e. The van der Waals surface area contributed by atoms with Crippen LogP contribution < -0.4 is 18.9 Å². The monoisotopic (exact) mass is 483 g/mol. The van der Waals surface area contributed by atoms with E-state index in [0.717, 1.165) is 23.5 Å². The Morgan fingerprint density at radius 2 is 1.72 bits per heavy atom. The second-order valence-corrected chi connectivity index (χ2v) is 8.48. The molecule has 0 N–H and O–H groups in total. The molecule has 1 aliphatic heterocycles. The number of benzene rings is 2. The Labute approximate surface area is 199 Å². The summed E-state index contributed by atoms with van der Waals surface area (Å²) in [6.07, 6.45) is 0.835. The van der Waals surface area contributed by atoms with Gasteiger partial charge < -0.3 is 23.7 Å². The number of hydrogen-bond acceptors (Lipinski definition) is 8. The van der Waals surface area contributed by atoms with Crippen LogP contribution in [0, 0.1) is 0 Å². The minimum absolute atomic E-state index is 0. The molecule has 0 aliphatic carbocycles. The largest absolute Gasteiger partial charge is 0.497 e. The summed E-state index contributed by atoms with van der Waals surface area (Å²) >= 11 is 1.80. The Kier molecular flexibility index (Phi) is 8.95. The Balaban J connectivity index is 0.00000363. The van der Waals surface area contributed by atoms with Gasteiger partial charge in [0.2, 0.25) is 5.75 Å². The molecular weight excluding hydrogens is 454 g/mol. The normalized spacial score (nSPS) is 17.1. The lowest BCUT2D eigenvalue weighted by molar-refractivity contribution is 0.0105. The fraction of sp³-hybridized carbons (Fsp3) is 0.435. The van der Waals surface area contributed by atoms with Gasteiger partial charge in [-0.15, -0.1) is 24.2 Å². The van der Waals surface area contributed by atoms with Gasteiger partial charge in [0.25, 0.3) is 0 Å². The van der Waals surface area contributed by atoms with E-state index in [1.165, 1.54) is 26.2 Å². The third kappa shape index (κ3) is 4.72.